The first kappa shape index (κ1) is 13.0. The maximum absolute atomic E-state index is 5.21. The molecule has 0 bridgehead atoms. The van der Waals surface area contributed by atoms with Gasteiger partial charge in [0.2, 0.25) is 0 Å². The average Bonchev–Trinajstić information content (AvgIpc) is 2.40. The van der Waals surface area contributed by atoms with Crippen molar-refractivity contribution in [3.05, 3.63) is 42.5 Å². The van der Waals surface area contributed by atoms with E-state index in [4.69, 9.17) is 12.2 Å². The van der Waals surface area contributed by atoms with Crippen LogP contribution in [-0.2, 0) is 0 Å². The third kappa shape index (κ3) is 3.27. The molecule has 2 rings (SSSR count). The molecule has 3 nitrogen and oxygen atoms in total. The smallest absolute Gasteiger partial charge is 0.142 e. The van der Waals surface area contributed by atoms with Gasteiger partial charge in [-0.05, 0) is 23.9 Å². The van der Waals surface area contributed by atoms with E-state index in [2.05, 4.69) is 10.2 Å². The van der Waals surface area contributed by atoms with Crippen molar-refractivity contribution in [2.24, 2.45) is 0 Å². The lowest BCUT2D eigenvalue weighted by molar-refractivity contribution is 0.647. The molecule has 0 spiro atoms. The van der Waals surface area contributed by atoms with Gasteiger partial charge in [-0.25, -0.2) is 0 Å². The minimum atomic E-state index is 0.775. The maximum atomic E-state index is 5.21. The first-order valence-electron chi connectivity index (χ1n) is 5.45. The third-order valence-electron chi connectivity index (χ3n) is 2.27. The molecule has 0 fully saturated rings. The van der Waals surface area contributed by atoms with E-state index in [0.717, 1.165) is 20.6 Å². The molecule has 18 heavy (non-hydrogen) atoms. The number of benzene rings is 1. The highest BCUT2D eigenvalue weighted by Crippen LogP contribution is 2.21. The van der Waals surface area contributed by atoms with Crippen molar-refractivity contribution in [1.29, 1.82) is 0 Å². The molecule has 0 unspecified atom stereocenters. The summed E-state index contributed by atoms with van der Waals surface area (Å²) in [5.74, 6) is 0. The van der Waals surface area contributed by atoms with E-state index in [1.54, 1.807) is 0 Å². The van der Waals surface area contributed by atoms with Crippen molar-refractivity contribution >= 4 is 28.3 Å². The normalized spacial score (nSPS) is 10.1. The Morgan fingerprint density at radius 3 is 2.33 bits per heavy atom. The molecule has 92 valence electrons. The molecule has 0 saturated heterocycles. The molecule has 0 N–H and O–H groups in total. The molecule has 0 atom stereocenters. The number of hydrogen-bond acceptors (Lipinski definition) is 4. The Balaban J connectivity index is 2.13. The van der Waals surface area contributed by atoms with Crippen molar-refractivity contribution in [1.82, 2.24) is 15.1 Å². The molecule has 0 amide bonds. The summed E-state index contributed by atoms with van der Waals surface area (Å²) in [5.41, 5.74) is 1.94. The Labute approximate surface area is 116 Å². The van der Waals surface area contributed by atoms with Gasteiger partial charge in [0.05, 0.1) is 5.69 Å². The molecule has 0 aliphatic rings. The molecule has 1 aromatic carbocycles. The molecule has 0 radical (unpaired) electrons. The quantitative estimate of drug-likeness (QED) is 0.620. The summed E-state index contributed by atoms with van der Waals surface area (Å²) in [6.45, 7) is 0. The molecule has 0 saturated carbocycles. The Kier molecular flexibility index (Phi) is 4.28. The zero-order valence-electron chi connectivity index (χ0n) is 10.2. The Hall–Kier alpha value is -1.46. The lowest BCUT2D eigenvalue weighted by Crippen LogP contribution is -2.16. The third-order valence-corrected chi connectivity index (χ3v) is 3.85. The Bertz CT molecular complexity index is 524. The van der Waals surface area contributed by atoms with Gasteiger partial charge in [-0.2, -0.15) is 0 Å². The van der Waals surface area contributed by atoms with Crippen LogP contribution in [0.1, 0.15) is 0 Å². The zero-order chi connectivity index (χ0) is 13.0. The van der Waals surface area contributed by atoms with Crippen LogP contribution in [0.3, 0.4) is 0 Å². The molecule has 1 heterocycles. The second-order valence-corrected chi connectivity index (χ2v) is 5.54. The number of rotatable bonds is 2. The van der Waals surface area contributed by atoms with E-state index in [0.29, 0.717) is 0 Å². The fourth-order valence-electron chi connectivity index (χ4n) is 1.32. The predicted octanol–water partition coefficient (Wildman–Crippen LogP) is 3.08. The van der Waals surface area contributed by atoms with Gasteiger partial charge in [0.25, 0.3) is 0 Å². The molecule has 0 aliphatic heterocycles. The van der Waals surface area contributed by atoms with Crippen LogP contribution in [0.5, 0.6) is 0 Å². The molecule has 2 aromatic rings. The summed E-state index contributed by atoms with van der Waals surface area (Å²) in [6.07, 6.45) is 0. The van der Waals surface area contributed by atoms with E-state index in [-0.39, 0.29) is 0 Å². The van der Waals surface area contributed by atoms with Gasteiger partial charge in [0.15, 0.2) is 0 Å². The van der Waals surface area contributed by atoms with Crippen molar-refractivity contribution in [3.8, 4) is 11.3 Å². The average molecular weight is 275 g/mol. The highest BCUT2D eigenvalue weighted by atomic mass is 32.2. The molecule has 0 aliphatic carbocycles. The minimum absolute atomic E-state index is 0.775. The van der Waals surface area contributed by atoms with Crippen LogP contribution in [0.2, 0.25) is 0 Å². The predicted molar refractivity (Wildman–Crippen MR) is 79.6 cm³/mol. The highest BCUT2D eigenvalue weighted by molar-refractivity contribution is 8.22. The fraction of sp³-hybridized carbons (Fsp3) is 0.154. The van der Waals surface area contributed by atoms with Gasteiger partial charge in [0, 0.05) is 19.7 Å². The van der Waals surface area contributed by atoms with Gasteiger partial charge in [-0.1, -0.05) is 42.5 Å². The monoisotopic (exact) mass is 275 g/mol. The summed E-state index contributed by atoms with van der Waals surface area (Å²) in [7, 11) is 3.84. The van der Waals surface area contributed by atoms with Crippen molar-refractivity contribution in [3.63, 3.8) is 0 Å². The maximum Gasteiger partial charge on any atom is 0.142 e. The Morgan fingerprint density at radius 2 is 1.78 bits per heavy atom. The second-order valence-electron chi connectivity index (χ2n) is 3.89. The van der Waals surface area contributed by atoms with Crippen molar-refractivity contribution < 1.29 is 0 Å². The molecule has 1 aromatic heterocycles. The second kappa shape index (κ2) is 5.93. The zero-order valence-corrected chi connectivity index (χ0v) is 11.8. The van der Waals surface area contributed by atoms with Crippen LogP contribution < -0.4 is 0 Å². The molecular formula is C13H13N3S2. The summed E-state index contributed by atoms with van der Waals surface area (Å²) in [6, 6.07) is 13.9. The molecular weight excluding hydrogens is 262 g/mol. The van der Waals surface area contributed by atoms with Crippen LogP contribution in [-0.4, -0.2) is 33.5 Å². The SMILES string of the molecule is CN(C)C(=S)Sc1ccc(-c2ccccc2)nn1. The number of nitrogens with zero attached hydrogens (tertiary/aromatic N) is 3. The van der Waals surface area contributed by atoms with Crippen LogP contribution >= 0.6 is 24.0 Å². The van der Waals surface area contributed by atoms with E-state index < -0.39 is 0 Å². The number of hydrogen-bond donors (Lipinski definition) is 0. The van der Waals surface area contributed by atoms with Gasteiger partial charge in [-0.3, -0.25) is 0 Å². The lowest BCUT2D eigenvalue weighted by Gasteiger charge is -2.11. The van der Waals surface area contributed by atoms with Gasteiger partial charge in [-0.15, -0.1) is 10.2 Å². The van der Waals surface area contributed by atoms with Gasteiger partial charge in [0.1, 0.15) is 9.35 Å². The Morgan fingerprint density at radius 1 is 1.06 bits per heavy atom. The van der Waals surface area contributed by atoms with Crippen LogP contribution in [0.15, 0.2) is 47.5 Å². The largest absolute Gasteiger partial charge is 0.363 e. The number of aromatic nitrogens is 2. The summed E-state index contributed by atoms with van der Waals surface area (Å²) >= 11 is 6.65. The lowest BCUT2D eigenvalue weighted by atomic mass is 10.1. The van der Waals surface area contributed by atoms with Crippen molar-refractivity contribution in [2.75, 3.05) is 14.1 Å². The van der Waals surface area contributed by atoms with Crippen LogP contribution in [0.4, 0.5) is 0 Å². The van der Waals surface area contributed by atoms with Crippen LogP contribution in [0, 0.1) is 0 Å². The summed E-state index contributed by atoms with van der Waals surface area (Å²) < 4.78 is 0.775. The van der Waals surface area contributed by atoms with Gasteiger partial charge >= 0.3 is 0 Å². The van der Waals surface area contributed by atoms with E-state index in [1.165, 1.54) is 11.8 Å². The fourth-order valence-corrected chi connectivity index (χ4v) is 2.15. The summed E-state index contributed by atoms with van der Waals surface area (Å²) in [4.78, 5) is 1.88. The van der Waals surface area contributed by atoms with E-state index in [1.807, 2.05) is 61.5 Å². The first-order chi connectivity index (χ1) is 8.66. The van der Waals surface area contributed by atoms with Gasteiger partial charge < -0.3 is 4.90 Å². The highest BCUT2D eigenvalue weighted by Gasteiger charge is 2.05. The minimum Gasteiger partial charge on any atom is -0.363 e. The first-order valence-corrected chi connectivity index (χ1v) is 6.67. The number of thiocarbonyl (C=S) groups is 1. The molecule has 5 heteroatoms. The van der Waals surface area contributed by atoms with E-state index >= 15 is 0 Å². The van der Waals surface area contributed by atoms with Crippen LogP contribution in [0.25, 0.3) is 11.3 Å². The van der Waals surface area contributed by atoms with Crippen molar-refractivity contribution in [2.45, 2.75) is 5.03 Å². The van der Waals surface area contributed by atoms with E-state index in [9.17, 15) is 0 Å². The topological polar surface area (TPSA) is 29.0 Å². The summed E-state index contributed by atoms with van der Waals surface area (Å²) in [5, 5.41) is 9.20. The number of thioether (sulfide) groups is 1. The standard InChI is InChI=1S/C13H13N3S2/c1-16(2)13(17)18-12-9-8-11(14-15-12)10-6-4-3-5-7-10/h3-9H,1-2H3.